The lowest BCUT2D eigenvalue weighted by molar-refractivity contribution is -0.139. The highest BCUT2D eigenvalue weighted by Gasteiger charge is 2.43. The molecule has 1 saturated carbocycles. The second-order valence-electron chi connectivity index (χ2n) is 54.0. The summed E-state index contributed by atoms with van der Waals surface area (Å²) in [6, 6.07) is 8.77. The van der Waals surface area contributed by atoms with Crippen LogP contribution in [0, 0.1) is 88.6 Å². The van der Waals surface area contributed by atoms with Gasteiger partial charge in [-0.15, -0.1) is 11.3 Å². The molecule has 0 spiro atoms. The number of halogens is 1. The van der Waals surface area contributed by atoms with Gasteiger partial charge in [0.25, 0.3) is 0 Å². The number of piperidine rings is 1. The average molecular weight is 1890 g/mol. The first-order valence-corrected chi connectivity index (χ1v) is 52.1. The van der Waals surface area contributed by atoms with E-state index in [9.17, 15) is 19.1 Å². The molecule has 3 fully saturated rings. The number of nitrogens with two attached hydrogens (primary N) is 8. The number of aromatic nitrogens is 3. The van der Waals surface area contributed by atoms with Gasteiger partial charge >= 0.3 is 5.97 Å². The predicted molar refractivity (Wildman–Crippen MR) is 582 cm³/mol. The van der Waals surface area contributed by atoms with Crippen molar-refractivity contribution < 1.29 is 28.9 Å². The number of aliphatic carboxylic acids is 1. The molecule has 1 aliphatic carbocycles. The van der Waals surface area contributed by atoms with E-state index in [0.29, 0.717) is 74.2 Å². The number of carboxylic acid groups (broad SMARTS) is 1. The second kappa shape index (κ2) is 69.4. The summed E-state index contributed by atoms with van der Waals surface area (Å²) < 4.78 is 17.6. The fourth-order valence-electron chi connectivity index (χ4n) is 15.3. The van der Waals surface area contributed by atoms with Crippen LogP contribution in [0.1, 0.15) is 462 Å². The third kappa shape index (κ3) is 112. The van der Waals surface area contributed by atoms with E-state index in [2.05, 4.69) is 294 Å². The maximum absolute atomic E-state index is 12.7. The molecule has 2 saturated heterocycles. The summed E-state index contributed by atoms with van der Waals surface area (Å²) >= 11 is 1.63. The lowest BCUT2D eigenvalue weighted by atomic mass is 9.77. The molecule has 20 heteroatoms. The highest BCUT2D eigenvalue weighted by molar-refractivity contribution is 7.07. The number of carbonyl (C=O) groups is 2. The van der Waals surface area contributed by atoms with Gasteiger partial charge in [0.2, 0.25) is 5.91 Å². The standard InChI is InChI=1S/C13H20FN.C10H18N2S.C10H20.C9H21NO.C9H19N.C8H15NO.C8H19NO.2C8H19N.C8H18.C7H12N2.C7H15NO2.C7H17N/c1-13(2,3)9-12(15)8-10-4-6-11(14)7-5-10;1-10(2,3)5-8(11)4-9-6-13-7-12-9;1-5-10(6-7-10)8-9(2,3)4;1-8(2,3)6-7(10)9(4,5)11;1-9(2,3)8-5-4-6-10-7-8;1-6(2)5-7-3-4-8(10)9-7;1-8(2,3)5-7(9)6-10-4;1-7(2,3)6-8(4,5)9;1-8(2,3)6-4-5-7-9;1-5-6-7-8(2,3)4;1-6(2)5-7-3-4-8-9-7;1-7(2,3)4-5(8)6(9)10;1-7(2,3)5-4-6-8/h4-7,12H,8-9,15H2,1-3H3;6-8H,4-5,11H2,1-3H3;5-8H2,1-4H3;7,11H,6,10H2,1-5H3;8,10H,4-7H2,1-3H3;6-7H,3-5H2,1-2H3,(H,9,10);7H,5-6,9H2,1-4H3;6,9H2,1-5H3;4-7,9H2,1-3H3;5-7H2,1-4H3;3-4,6H,5H2,1-2H3,(H,8,9);5H,4,8H2,1-3H3,(H,9,10);4-6,8H2,1-3H3/t12-;8-;;7-;8-;;7-;;;;;;/m00.11.1....../s1. The maximum atomic E-state index is 12.7. The van der Waals surface area contributed by atoms with Gasteiger partial charge < -0.3 is 71.5 Å². The van der Waals surface area contributed by atoms with Gasteiger partial charge in [-0.1, -0.05) is 308 Å². The molecule has 0 bridgehead atoms. The number of unbranched alkanes of at least 4 members (excludes halogenated alkanes) is 2. The van der Waals surface area contributed by atoms with Crippen molar-refractivity contribution in [1.29, 1.82) is 0 Å². The molecular weight excluding hydrogens is 1660 g/mol. The van der Waals surface area contributed by atoms with Gasteiger partial charge in [0, 0.05) is 73.0 Å². The minimum absolute atomic E-state index is 0.00218. The first-order valence-electron chi connectivity index (χ1n) is 51.2. The summed E-state index contributed by atoms with van der Waals surface area (Å²) in [5.74, 6) is 1.42. The molecule has 21 N–H and O–H groups in total. The second-order valence-corrected chi connectivity index (χ2v) is 54.8. The van der Waals surface area contributed by atoms with Crippen LogP contribution in [0.4, 0.5) is 4.39 Å². The van der Waals surface area contributed by atoms with Crippen LogP contribution in [-0.2, 0) is 33.6 Å². The fourth-order valence-corrected chi connectivity index (χ4v) is 15.9. The SMILES string of the molecule is CC(C)(C)CC(C)(C)N.CC(C)(C)CC(N)C(=O)O.CC(C)(C)CCCCN.CC(C)(C)CCCN.CC(C)(C)C[C@@H](N)C(C)(C)O.CC(C)(C)C[C@@H](N)Cc1ccc(F)cc1.CC(C)(C)C[C@@H](N)Cc1cscn1.CC(C)(C)[C@@H]1CCCNC1.CC(C)CC1CCC(=O)N1.CC(C)Cc1ccn[nH]1.CCC1(CC(C)(C)C)CC1.CCCCC(C)(C)C.COC[C@H](N)CC(C)(C)C. The molecule has 6 rings (SSSR count). The number of nitrogens with one attached hydrogen (secondary N) is 3. The molecule has 7 atom stereocenters. The van der Waals surface area contributed by atoms with Crippen molar-refractivity contribution in [2.24, 2.45) is 129 Å². The highest BCUT2D eigenvalue weighted by atomic mass is 32.1. The molecule has 2 unspecified atom stereocenters. The van der Waals surface area contributed by atoms with Gasteiger partial charge in [-0.05, 0) is 289 Å². The number of H-pyrrole nitrogens is 1. The molecule has 132 heavy (non-hydrogen) atoms. The number of carbonyl (C=O) groups excluding carboxylic acids is 1. The van der Waals surface area contributed by atoms with Crippen LogP contribution < -0.4 is 56.5 Å². The molecule has 2 aliphatic heterocycles. The Morgan fingerprint density at radius 3 is 1.28 bits per heavy atom. The highest BCUT2D eigenvalue weighted by Crippen LogP contribution is 2.55. The van der Waals surface area contributed by atoms with Crippen molar-refractivity contribution in [2.75, 3.05) is 39.9 Å². The van der Waals surface area contributed by atoms with Gasteiger partial charge in [-0.3, -0.25) is 14.7 Å². The van der Waals surface area contributed by atoms with Crippen LogP contribution in [0.3, 0.4) is 0 Å². The molecular formula is C112H232FN13O5S. The van der Waals surface area contributed by atoms with Crippen LogP contribution in [0.2, 0.25) is 0 Å². The number of nitrogens with zero attached hydrogens (tertiary/aromatic N) is 2. The molecule has 4 heterocycles. The summed E-state index contributed by atoms with van der Waals surface area (Å²) in [4.78, 5) is 25.2. The zero-order valence-electron chi connectivity index (χ0n) is 95.7. The zero-order chi connectivity index (χ0) is 105. The van der Waals surface area contributed by atoms with E-state index in [1.807, 2.05) is 32.3 Å². The maximum Gasteiger partial charge on any atom is 0.320 e. The molecule has 0 radical (unpaired) electrons. The van der Waals surface area contributed by atoms with Crippen molar-refractivity contribution in [2.45, 2.75) is 512 Å². The molecule has 788 valence electrons. The smallest absolute Gasteiger partial charge is 0.320 e. The number of aliphatic hydroxyl groups is 1. The van der Waals surface area contributed by atoms with Crippen molar-refractivity contribution in [3.05, 3.63) is 70.2 Å². The Morgan fingerprint density at radius 2 is 1.02 bits per heavy atom. The first-order chi connectivity index (χ1) is 59.2. The van der Waals surface area contributed by atoms with Gasteiger partial charge in [-0.2, -0.15) is 5.10 Å². The molecule has 18 nitrogen and oxygen atoms in total. The largest absolute Gasteiger partial charge is 0.480 e. The monoisotopic (exact) mass is 1890 g/mol. The molecule has 3 aliphatic rings. The third-order valence-corrected chi connectivity index (χ3v) is 21.8. The Hall–Kier alpha value is -3.51. The van der Waals surface area contributed by atoms with Crippen molar-refractivity contribution in [3.8, 4) is 0 Å². The van der Waals surface area contributed by atoms with E-state index in [1.54, 1.807) is 50.6 Å². The summed E-state index contributed by atoms with van der Waals surface area (Å²) in [5, 5.41) is 33.2. The Bertz CT molecular complexity index is 3100. The molecule has 3 aromatic rings. The van der Waals surface area contributed by atoms with Crippen LogP contribution >= 0.6 is 11.3 Å². The normalized spacial score (nSPS) is 16.4. The Kier molecular flexibility index (Phi) is 74.3. The average Bonchev–Trinajstić information content (AvgIpc) is 1.65. The van der Waals surface area contributed by atoms with Gasteiger partial charge in [0.1, 0.15) is 11.9 Å². The predicted octanol–water partition coefficient (Wildman–Crippen LogP) is 27.2. The van der Waals surface area contributed by atoms with E-state index in [4.69, 9.17) is 55.7 Å². The van der Waals surface area contributed by atoms with Crippen molar-refractivity contribution >= 4 is 23.2 Å². The van der Waals surface area contributed by atoms with E-state index >= 15 is 0 Å². The van der Waals surface area contributed by atoms with E-state index < -0.39 is 17.6 Å². The summed E-state index contributed by atoms with van der Waals surface area (Å²) in [6.07, 6.45) is 31.8. The number of benzene rings is 1. The van der Waals surface area contributed by atoms with Crippen LogP contribution in [-0.4, -0.2) is 125 Å². The third-order valence-electron chi connectivity index (χ3n) is 21.2. The molecule has 1 amide bonds. The quantitative estimate of drug-likeness (QED) is 0.0315. The lowest BCUT2D eigenvalue weighted by Crippen LogP contribution is -2.45. The molecule has 2 aromatic heterocycles. The summed E-state index contributed by atoms with van der Waals surface area (Å²) in [7, 11) is 1.68. The van der Waals surface area contributed by atoms with Crippen LogP contribution in [0.5, 0.6) is 0 Å². The van der Waals surface area contributed by atoms with Crippen LogP contribution in [0.15, 0.2) is 47.4 Å². The van der Waals surface area contributed by atoms with E-state index in [1.165, 1.54) is 114 Å². The fraction of sp³-hybridized carbons (Fsp3) is 0.875. The first kappa shape index (κ1) is 141. The zero-order valence-corrected chi connectivity index (χ0v) is 96.5. The van der Waals surface area contributed by atoms with Crippen LogP contribution in [0.25, 0.3) is 0 Å². The Labute approximate surface area is 823 Å². The summed E-state index contributed by atoms with van der Waals surface area (Å²) in [5.41, 5.74) is 54.7. The minimum Gasteiger partial charge on any atom is -0.480 e. The van der Waals surface area contributed by atoms with Crippen molar-refractivity contribution in [1.82, 2.24) is 25.8 Å². The number of carboxylic acids is 1. The lowest BCUT2D eigenvalue weighted by Gasteiger charge is -2.34. The number of rotatable bonds is 27. The van der Waals surface area contributed by atoms with E-state index in [0.717, 1.165) is 113 Å². The van der Waals surface area contributed by atoms with Gasteiger partial charge in [0.05, 0.1) is 23.4 Å². The number of hydrogen-bond acceptors (Lipinski definition) is 16. The Morgan fingerprint density at radius 1 is 0.568 bits per heavy atom. The molecule has 1 aromatic carbocycles. The minimum atomic E-state index is -0.921. The number of methoxy groups -OCH3 is 1. The van der Waals surface area contributed by atoms with Gasteiger partial charge in [-0.25, -0.2) is 9.37 Å². The van der Waals surface area contributed by atoms with E-state index in [-0.39, 0.29) is 57.7 Å². The topological polar surface area (TPSA) is 358 Å². The van der Waals surface area contributed by atoms with Crippen molar-refractivity contribution in [3.63, 3.8) is 0 Å². The number of ether oxygens (including phenoxy) is 1. The number of thiazole rings is 1. The number of amides is 1. The van der Waals surface area contributed by atoms with Gasteiger partial charge in [0.15, 0.2) is 0 Å². The summed E-state index contributed by atoms with van der Waals surface area (Å²) in [6.45, 7) is 98.9. The number of hydrogen-bond donors (Lipinski definition) is 13. The Balaban J connectivity index is -0.000000257. The number of aromatic amines is 1.